The first-order chi connectivity index (χ1) is 12.4. The number of aliphatic carboxylic acids is 1. The maximum absolute atomic E-state index is 12.8. The summed E-state index contributed by atoms with van der Waals surface area (Å²) >= 11 is 0. The molecule has 1 fully saturated rings. The summed E-state index contributed by atoms with van der Waals surface area (Å²) in [6.07, 6.45) is 0.497. The zero-order valence-electron chi connectivity index (χ0n) is 13.8. The Hall–Kier alpha value is -3.23. The summed E-state index contributed by atoms with van der Waals surface area (Å²) in [5, 5.41) is 13.8. The van der Waals surface area contributed by atoms with Gasteiger partial charge in [0.1, 0.15) is 6.04 Å². The average Bonchev–Trinajstić information content (AvgIpc) is 2.84. The Labute approximate surface area is 148 Å². The lowest BCUT2D eigenvalue weighted by Crippen LogP contribution is -2.54. The van der Waals surface area contributed by atoms with Gasteiger partial charge in [-0.3, -0.25) is 34.2 Å². The van der Waals surface area contributed by atoms with Crippen LogP contribution < -0.4 is 10.6 Å². The molecule has 9 heteroatoms. The molecule has 2 aliphatic rings. The summed E-state index contributed by atoms with van der Waals surface area (Å²) in [6.45, 7) is 0.322. The number of hydrogen-bond donors (Lipinski definition) is 3. The summed E-state index contributed by atoms with van der Waals surface area (Å²) in [7, 11) is 0. The lowest BCUT2D eigenvalue weighted by Gasteiger charge is -2.27. The van der Waals surface area contributed by atoms with E-state index >= 15 is 0 Å². The third-order valence-corrected chi connectivity index (χ3v) is 4.35. The zero-order valence-corrected chi connectivity index (χ0v) is 13.8. The van der Waals surface area contributed by atoms with E-state index in [0.717, 1.165) is 4.90 Å². The Bertz CT molecular complexity index is 819. The molecule has 0 spiro atoms. The first kappa shape index (κ1) is 17.6. The maximum atomic E-state index is 12.8. The fraction of sp³-hybridized carbons (Fsp3) is 0.353. The van der Waals surface area contributed by atoms with Crippen LogP contribution in [0.15, 0.2) is 18.2 Å². The van der Waals surface area contributed by atoms with Crippen molar-refractivity contribution in [1.82, 2.24) is 10.2 Å². The van der Waals surface area contributed by atoms with Gasteiger partial charge in [-0.2, -0.15) is 0 Å². The Kier molecular flexibility index (Phi) is 4.70. The van der Waals surface area contributed by atoms with Crippen LogP contribution in [0.25, 0.3) is 0 Å². The van der Waals surface area contributed by atoms with E-state index in [9.17, 15) is 24.0 Å². The summed E-state index contributed by atoms with van der Waals surface area (Å²) in [5.41, 5.74) is 0.765. The highest BCUT2D eigenvalue weighted by Crippen LogP contribution is 2.32. The van der Waals surface area contributed by atoms with Crippen LogP contribution in [0.1, 0.15) is 46.4 Å². The second-order valence-electron chi connectivity index (χ2n) is 6.10. The number of piperidine rings is 1. The van der Waals surface area contributed by atoms with Gasteiger partial charge in [-0.15, -0.1) is 0 Å². The van der Waals surface area contributed by atoms with E-state index in [2.05, 4.69) is 10.6 Å². The second kappa shape index (κ2) is 6.95. The molecule has 1 aromatic carbocycles. The molecule has 1 atom stereocenters. The van der Waals surface area contributed by atoms with E-state index in [4.69, 9.17) is 5.11 Å². The Morgan fingerprint density at radius 1 is 1.23 bits per heavy atom. The van der Waals surface area contributed by atoms with E-state index in [1.54, 1.807) is 12.1 Å². The highest BCUT2D eigenvalue weighted by Gasteiger charge is 2.45. The van der Waals surface area contributed by atoms with E-state index in [0.29, 0.717) is 18.7 Å². The number of amides is 4. The molecule has 2 heterocycles. The van der Waals surface area contributed by atoms with Gasteiger partial charge in [0, 0.05) is 25.1 Å². The van der Waals surface area contributed by atoms with Crippen molar-refractivity contribution < 1.29 is 29.1 Å². The van der Waals surface area contributed by atoms with Gasteiger partial charge in [0.2, 0.25) is 11.8 Å². The van der Waals surface area contributed by atoms with Gasteiger partial charge in [0.25, 0.3) is 11.8 Å². The Morgan fingerprint density at radius 3 is 2.69 bits per heavy atom. The molecule has 0 aromatic heterocycles. The minimum atomic E-state index is -1.01. The van der Waals surface area contributed by atoms with Gasteiger partial charge >= 0.3 is 5.97 Å². The number of carbonyl (C=O) groups is 5. The molecule has 0 aliphatic carbocycles. The summed E-state index contributed by atoms with van der Waals surface area (Å²) in [5.74, 6) is -3.18. The number of fused-ring (bicyclic) bond motifs is 1. The van der Waals surface area contributed by atoms with Crippen LogP contribution in [0.5, 0.6) is 0 Å². The minimum absolute atomic E-state index is 0.0166. The van der Waals surface area contributed by atoms with Crippen molar-refractivity contribution in [3.05, 3.63) is 29.3 Å². The van der Waals surface area contributed by atoms with Crippen LogP contribution in [0.3, 0.4) is 0 Å². The first-order valence-electron chi connectivity index (χ1n) is 8.20. The van der Waals surface area contributed by atoms with Crippen molar-refractivity contribution in [1.29, 1.82) is 0 Å². The molecule has 0 radical (unpaired) electrons. The molecule has 1 aromatic rings. The van der Waals surface area contributed by atoms with Gasteiger partial charge in [0.15, 0.2) is 0 Å². The van der Waals surface area contributed by atoms with Gasteiger partial charge in [-0.25, -0.2) is 0 Å². The number of carboxylic acids is 1. The average molecular weight is 359 g/mol. The van der Waals surface area contributed by atoms with Gasteiger partial charge in [0.05, 0.1) is 11.1 Å². The van der Waals surface area contributed by atoms with Crippen molar-refractivity contribution in [3.8, 4) is 0 Å². The highest BCUT2D eigenvalue weighted by atomic mass is 16.4. The van der Waals surface area contributed by atoms with Crippen molar-refractivity contribution in [3.63, 3.8) is 0 Å². The summed E-state index contributed by atoms with van der Waals surface area (Å²) < 4.78 is 0. The summed E-state index contributed by atoms with van der Waals surface area (Å²) in [6, 6.07) is 3.72. The number of hydrogen-bond acceptors (Lipinski definition) is 6. The van der Waals surface area contributed by atoms with E-state index < -0.39 is 35.6 Å². The van der Waals surface area contributed by atoms with E-state index in [1.165, 1.54) is 6.07 Å². The Balaban J connectivity index is 1.81. The topological polar surface area (TPSA) is 133 Å². The fourth-order valence-electron chi connectivity index (χ4n) is 3.12. The molecule has 3 N–H and O–H groups in total. The van der Waals surface area contributed by atoms with Crippen LogP contribution in [0.2, 0.25) is 0 Å². The molecule has 0 saturated carbocycles. The molecule has 1 saturated heterocycles. The molecule has 136 valence electrons. The number of rotatable bonds is 6. The molecule has 26 heavy (non-hydrogen) atoms. The van der Waals surface area contributed by atoms with Crippen LogP contribution in [-0.4, -0.2) is 52.2 Å². The SMILES string of the molecule is O=C(O)CCCNc1cccc2c1C(=O)N(C1CCC(=O)NC1=O)C2=O. The van der Waals surface area contributed by atoms with Crippen LogP contribution in [0, 0.1) is 0 Å². The molecule has 4 amide bonds. The van der Waals surface area contributed by atoms with Crippen LogP contribution in [0.4, 0.5) is 5.69 Å². The van der Waals surface area contributed by atoms with E-state index in [-0.39, 0.29) is 30.4 Å². The van der Waals surface area contributed by atoms with Crippen molar-refractivity contribution in [2.45, 2.75) is 31.7 Å². The van der Waals surface area contributed by atoms with Gasteiger partial charge < -0.3 is 10.4 Å². The monoisotopic (exact) mass is 359 g/mol. The lowest BCUT2D eigenvalue weighted by molar-refractivity contribution is -0.137. The molecular weight excluding hydrogens is 342 g/mol. The molecular formula is C17H17N3O6. The number of carboxylic acid groups (broad SMARTS) is 1. The third-order valence-electron chi connectivity index (χ3n) is 4.35. The number of imide groups is 2. The number of benzene rings is 1. The van der Waals surface area contributed by atoms with Gasteiger partial charge in [-0.1, -0.05) is 6.07 Å². The number of anilines is 1. The van der Waals surface area contributed by atoms with E-state index in [1.807, 2.05) is 0 Å². The van der Waals surface area contributed by atoms with Gasteiger partial charge in [-0.05, 0) is 25.0 Å². The van der Waals surface area contributed by atoms with Crippen LogP contribution in [-0.2, 0) is 14.4 Å². The van der Waals surface area contributed by atoms with Crippen molar-refractivity contribution >= 4 is 35.3 Å². The highest BCUT2D eigenvalue weighted by molar-refractivity contribution is 6.25. The predicted molar refractivity (Wildman–Crippen MR) is 88.5 cm³/mol. The first-order valence-corrected chi connectivity index (χ1v) is 8.20. The maximum Gasteiger partial charge on any atom is 0.303 e. The standard InChI is InChI=1S/C17H17N3O6/c21-12-7-6-11(15(24)19-12)20-16(25)9-3-1-4-10(14(9)17(20)26)18-8-2-5-13(22)23/h1,3-4,11,18H,2,5-8H2,(H,22,23)(H,19,21,24). The number of nitrogens with one attached hydrogen (secondary N) is 2. The smallest absolute Gasteiger partial charge is 0.303 e. The summed E-state index contributed by atoms with van der Waals surface area (Å²) in [4.78, 5) is 60.2. The molecule has 1 unspecified atom stereocenters. The number of nitrogens with zero attached hydrogens (tertiary/aromatic N) is 1. The zero-order chi connectivity index (χ0) is 18.8. The van der Waals surface area contributed by atoms with Crippen LogP contribution >= 0.6 is 0 Å². The predicted octanol–water partition coefficient (Wildman–Crippen LogP) is 0.365. The largest absolute Gasteiger partial charge is 0.481 e. The minimum Gasteiger partial charge on any atom is -0.481 e. The Morgan fingerprint density at radius 2 is 2.00 bits per heavy atom. The molecule has 9 nitrogen and oxygen atoms in total. The third kappa shape index (κ3) is 3.15. The lowest BCUT2D eigenvalue weighted by atomic mass is 10.0. The second-order valence-corrected chi connectivity index (χ2v) is 6.10. The normalized spacial score (nSPS) is 19.4. The fourth-order valence-corrected chi connectivity index (χ4v) is 3.12. The van der Waals surface area contributed by atoms with Crippen molar-refractivity contribution in [2.24, 2.45) is 0 Å². The number of carbonyl (C=O) groups excluding carboxylic acids is 4. The molecule has 3 rings (SSSR count). The quantitative estimate of drug-likeness (QED) is 0.493. The molecule has 2 aliphatic heterocycles. The van der Waals surface area contributed by atoms with Crippen molar-refractivity contribution in [2.75, 3.05) is 11.9 Å². The molecule has 0 bridgehead atoms.